The predicted molar refractivity (Wildman–Crippen MR) is 74.3 cm³/mol. The highest BCUT2D eigenvalue weighted by atomic mass is 16.5. The predicted octanol–water partition coefficient (Wildman–Crippen LogP) is 0.172. The lowest BCUT2D eigenvalue weighted by Gasteiger charge is -2.07. The number of rotatable bonds is 14. The van der Waals surface area contributed by atoms with Crippen LogP contribution in [-0.4, -0.2) is 65.7 Å². The summed E-state index contributed by atoms with van der Waals surface area (Å²) in [5, 5.41) is 5.99. The van der Waals surface area contributed by atoms with E-state index in [4.69, 9.17) is 14.2 Å². The Kier molecular flexibility index (Phi) is 14.8. The van der Waals surface area contributed by atoms with Gasteiger partial charge in [-0.2, -0.15) is 0 Å². The molecule has 0 spiro atoms. The summed E-state index contributed by atoms with van der Waals surface area (Å²) in [4.78, 5) is 11.3. The normalized spacial score (nSPS) is 10.6. The average Bonchev–Trinajstić information content (AvgIpc) is 2.42. The molecule has 0 heterocycles. The zero-order valence-corrected chi connectivity index (χ0v) is 12.2. The van der Waals surface area contributed by atoms with Crippen molar-refractivity contribution in [2.45, 2.75) is 19.8 Å². The fourth-order valence-electron chi connectivity index (χ4n) is 1.29. The molecule has 0 saturated heterocycles. The van der Waals surface area contributed by atoms with Crippen LogP contribution in [0.1, 0.15) is 19.8 Å². The Morgan fingerprint density at radius 3 is 2.32 bits per heavy atom. The molecule has 2 N–H and O–H groups in total. The van der Waals surface area contributed by atoms with Crippen molar-refractivity contribution in [3.8, 4) is 0 Å². The largest absolute Gasteiger partial charge is 0.382 e. The summed E-state index contributed by atoms with van der Waals surface area (Å²) in [5.74, 6) is 0.0989. The molecule has 0 aliphatic heterocycles. The summed E-state index contributed by atoms with van der Waals surface area (Å²) in [6, 6.07) is 0. The van der Waals surface area contributed by atoms with Crippen LogP contribution in [0.25, 0.3) is 0 Å². The van der Waals surface area contributed by atoms with Crippen LogP contribution in [0.15, 0.2) is 0 Å². The Morgan fingerprint density at radius 1 is 0.947 bits per heavy atom. The number of carbonyl (C=O) groups excluding carboxylic acids is 1. The van der Waals surface area contributed by atoms with Crippen LogP contribution >= 0.6 is 0 Å². The van der Waals surface area contributed by atoms with Crippen LogP contribution in [0.4, 0.5) is 0 Å². The van der Waals surface area contributed by atoms with Gasteiger partial charge in [-0.15, -0.1) is 0 Å². The van der Waals surface area contributed by atoms with Gasteiger partial charge in [-0.3, -0.25) is 4.79 Å². The molecular formula is C13H28N2O4. The number of ether oxygens (including phenoxy) is 3. The van der Waals surface area contributed by atoms with E-state index in [2.05, 4.69) is 10.6 Å². The monoisotopic (exact) mass is 276 g/mol. The lowest BCUT2D eigenvalue weighted by molar-refractivity contribution is -0.120. The number of methoxy groups -OCH3 is 1. The molecule has 0 atom stereocenters. The lowest BCUT2D eigenvalue weighted by Crippen LogP contribution is -2.29. The van der Waals surface area contributed by atoms with Gasteiger partial charge >= 0.3 is 0 Å². The first-order valence-corrected chi connectivity index (χ1v) is 6.93. The summed E-state index contributed by atoms with van der Waals surface area (Å²) in [6.45, 7) is 7.24. The molecule has 0 saturated carbocycles. The molecular weight excluding hydrogens is 248 g/mol. The third kappa shape index (κ3) is 15.3. The number of amides is 1. The Morgan fingerprint density at radius 2 is 1.63 bits per heavy atom. The maximum Gasteiger partial charge on any atom is 0.221 e. The van der Waals surface area contributed by atoms with E-state index >= 15 is 0 Å². The molecule has 1 amide bonds. The van der Waals surface area contributed by atoms with Crippen molar-refractivity contribution in [2.75, 3.05) is 59.8 Å². The van der Waals surface area contributed by atoms with Gasteiger partial charge < -0.3 is 24.8 Å². The highest BCUT2D eigenvalue weighted by Crippen LogP contribution is 1.81. The summed E-state index contributed by atoms with van der Waals surface area (Å²) < 4.78 is 15.5. The van der Waals surface area contributed by atoms with E-state index in [-0.39, 0.29) is 5.91 Å². The van der Waals surface area contributed by atoms with Gasteiger partial charge in [0.1, 0.15) is 0 Å². The molecule has 0 aliphatic carbocycles. The zero-order valence-electron chi connectivity index (χ0n) is 12.2. The molecule has 0 aromatic carbocycles. The number of carbonyl (C=O) groups is 1. The Labute approximate surface area is 116 Å². The van der Waals surface area contributed by atoms with Gasteiger partial charge in [0.2, 0.25) is 5.91 Å². The standard InChI is InChI=1S/C13H28N2O4/c1-3-5-15-13(16)4-6-14-7-8-18-11-12-19-10-9-17-2/h14H,3-12H2,1-2H3,(H,15,16). The molecule has 0 fully saturated rings. The van der Waals surface area contributed by atoms with Gasteiger partial charge in [0.15, 0.2) is 0 Å². The molecule has 114 valence electrons. The molecule has 19 heavy (non-hydrogen) atoms. The van der Waals surface area contributed by atoms with Crippen molar-refractivity contribution in [3.05, 3.63) is 0 Å². The SMILES string of the molecule is CCCNC(=O)CCNCCOCCOCCOC. The van der Waals surface area contributed by atoms with Gasteiger partial charge in [-0.1, -0.05) is 6.92 Å². The highest BCUT2D eigenvalue weighted by molar-refractivity contribution is 5.75. The van der Waals surface area contributed by atoms with Crippen LogP contribution in [0.3, 0.4) is 0 Å². The highest BCUT2D eigenvalue weighted by Gasteiger charge is 1.98. The fraction of sp³-hybridized carbons (Fsp3) is 0.923. The lowest BCUT2D eigenvalue weighted by atomic mass is 10.3. The molecule has 0 aromatic heterocycles. The van der Waals surface area contributed by atoms with Gasteiger partial charge in [0.05, 0.1) is 33.0 Å². The van der Waals surface area contributed by atoms with E-state index in [0.29, 0.717) is 46.0 Å². The van der Waals surface area contributed by atoms with E-state index in [0.717, 1.165) is 19.5 Å². The van der Waals surface area contributed by atoms with Gasteiger partial charge in [-0.05, 0) is 6.42 Å². The molecule has 0 unspecified atom stereocenters. The van der Waals surface area contributed by atoms with Crippen LogP contribution in [0.2, 0.25) is 0 Å². The maximum absolute atomic E-state index is 11.3. The molecule has 0 rings (SSSR count). The molecule has 6 nitrogen and oxygen atoms in total. The Hall–Kier alpha value is -0.690. The van der Waals surface area contributed by atoms with E-state index < -0.39 is 0 Å². The number of nitrogens with one attached hydrogen (secondary N) is 2. The molecule has 0 bridgehead atoms. The Balaban J connectivity index is 3.04. The van der Waals surface area contributed by atoms with E-state index in [1.54, 1.807) is 7.11 Å². The minimum Gasteiger partial charge on any atom is -0.382 e. The Bertz CT molecular complexity index is 203. The van der Waals surface area contributed by atoms with Crippen molar-refractivity contribution in [3.63, 3.8) is 0 Å². The molecule has 0 radical (unpaired) electrons. The van der Waals surface area contributed by atoms with Crippen molar-refractivity contribution in [1.82, 2.24) is 10.6 Å². The van der Waals surface area contributed by atoms with Crippen LogP contribution in [-0.2, 0) is 19.0 Å². The second-order valence-electron chi connectivity index (χ2n) is 4.07. The van der Waals surface area contributed by atoms with E-state index in [1.807, 2.05) is 6.92 Å². The van der Waals surface area contributed by atoms with Gasteiger partial charge in [-0.25, -0.2) is 0 Å². The summed E-state index contributed by atoms with van der Waals surface area (Å²) in [5.41, 5.74) is 0. The van der Waals surface area contributed by atoms with Gasteiger partial charge in [0.25, 0.3) is 0 Å². The van der Waals surface area contributed by atoms with E-state index in [9.17, 15) is 4.79 Å². The minimum absolute atomic E-state index is 0.0989. The first-order valence-electron chi connectivity index (χ1n) is 6.93. The first kappa shape index (κ1) is 18.3. The molecule has 6 heteroatoms. The second kappa shape index (κ2) is 15.4. The first-order chi connectivity index (χ1) is 9.31. The molecule has 0 aliphatic rings. The zero-order chi connectivity index (χ0) is 14.2. The van der Waals surface area contributed by atoms with Crippen LogP contribution < -0.4 is 10.6 Å². The smallest absolute Gasteiger partial charge is 0.221 e. The second-order valence-corrected chi connectivity index (χ2v) is 4.07. The third-order valence-electron chi connectivity index (χ3n) is 2.33. The van der Waals surface area contributed by atoms with E-state index in [1.165, 1.54) is 0 Å². The fourth-order valence-corrected chi connectivity index (χ4v) is 1.29. The van der Waals surface area contributed by atoms with Gasteiger partial charge in [0, 0.05) is 33.2 Å². The summed E-state index contributed by atoms with van der Waals surface area (Å²) >= 11 is 0. The summed E-state index contributed by atoms with van der Waals surface area (Å²) in [6.07, 6.45) is 1.49. The maximum atomic E-state index is 11.3. The van der Waals surface area contributed by atoms with Crippen LogP contribution in [0, 0.1) is 0 Å². The van der Waals surface area contributed by atoms with Crippen molar-refractivity contribution < 1.29 is 19.0 Å². The third-order valence-corrected chi connectivity index (χ3v) is 2.33. The molecule has 0 aromatic rings. The number of hydrogen-bond donors (Lipinski definition) is 2. The minimum atomic E-state index is 0.0989. The van der Waals surface area contributed by atoms with Crippen molar-refractivity contribution in [1.29, 1.82) is 0 Å². The quantitative estimate of drug-likeness (QED) is 0.443. The number of hydrogen-bond acceptors (Lipinski definition) is 5. The topological polar surface area (TPSA) is 68.8 Å². The van der Waals surface area contributed by atoms with Crippen molar-refractivity contribution >= 4 is 5.91 Å². The van der Waals surface area contributed by atoms with Crippen molar-refractivity contribution in [2.24, 2.45) is 0 Å². The average molecular weight is 276 g/mol. The summed E-state index contributed by atoms with van der Waals surface area (Å²) in [7, 11) is 1.65. The van der Waals surface area contributed by atoms with Crippen LogP contribution in [0.5, 0.6) is 0 Å².